The topological polar surface area (TPSA) is 60.1 Å². The summed E-state index contributed by atoms with van der Waals surface area (Å²) in [6.07, 6.45) is 5.54. The Morgan fingerprint density at radius 1 is 1.15 bits per heavy atom. The highest BCUT2D eigenvalue weighted by molar-refractivity contribution is 7.89. The Labute approximate surface area is 202 Å². The largest absolute Gasteiger partial charge is 0.340 e. The number of sulfonamides is 1. The molecule has 0 amide bonds. The van der Waals surface area contributed by atoms with Crippen molar-refractivity contribution in [2.24, 2.45) is 7.05 Å². The van der Waals surface area contributed by atoms with E-state index in [1.54, 1.807) is 23.7 Å². The van der Waals surface area contributed by atoms with E-state index in [2.05, 4.69) is 15.6 Å². The molecule has 0 radical (unpaired) electrons. The second-order valence-electron chi connectivity index (χ2n) is 8.48. The Kier molecular flexibility index (Phi) is 5.83. The Balaban J connectivity index is 1.52. The summed E-state index contributed by atoms with van der Waals surface area (Å²) in [4.78, 5) is 4.02. The third-order valence-corrected chi connectivity index (χ3v) is 8.49. The van der Waals surface area contributed by atoms with Gasteiger partial charge in [-0.05, 0) is 37.1 Å². The first-order valence-corrected chi connectivity index (χ1v) is 12.8. The van der Waals surface area contributed by atoms with Crippen LogP contribution in [0.2, 0.25) is 5.02 Å². The van der Waals surface area contributed by atoms with Crippen LogP contribution in [0.1, 0.15) is 23.2 Å². The first-order valence-electron chi connectivity index (χ1n) is 11.0. The molecule has 2 aromatic carbocycles. The first kappa shape index (κ1) is 22.8. The van der Waals surface area contributed by atoms with Crippen LogP contribution in [-0.4, -0.2) is 39.9 Å². The van der Waals surface area contributed by atoms with E-state index < -0.39 is 10.0 Å². The quantitative estimate of drug-likeness (QED) is 0.389. The molecule has 6 nitrogen and oxygen atoms in total. The lowest BCUT2D eigenvalue weighted by Crippen LogP contribution is -2.35. The molecule has 34 heavy (non-hydrogen) atoms. The number of nitrogens with zero attached hydrogens (tertiary/aromatic N) is 4. The number of hydrogen-bond acceptors (Lipinski definition) is 3. The zero-order valence-electron chi connectivity index (χ0n) is 18.9. The number of para-hydroxylation sites is 1. The van der Waals surface area contributed by atoms with Crippen molar-refractivity contribution in [1.29, 1.82) is 0 Å². The second kappa shape index (κ2) is 8.69. The zero-order chi connectivity index (χ0) is 24.0. The van der Waals surface area contributed by atoms with Crippen LogP contribution in [0, 0.1) is 12.7 Å². The van der Waals surface area contributed by atoms with Crippen LogP contribution >= 0.6 is 11.6 Å². The molecule has 9 heteroatoms. The van der Waals surface area contributed by atoms with Crippen LogP contribution in [0.25, 0.3) is 16.5 Å². The van der Waals surface area contributed by atoms with Gasteiger partial charge in [0.05, 0.1) is 12.9 Å². The predicted octanol–water partition coefficient (Wildman–Crippen LogP) is 5.00. The summed E-state index contributed by atoms with van der Waals surface area (Å²) in [7, 11) is -1.91. The molecule has 4 aromatic rings. The van der Waals surface area contributed by atoms with Crippen LogP contribution in [0.5, 0.6) is 0 Å². The molecule has 0 saturated heterocycles. The Morgan fingerprint density at radius 3 is 2.62 bits per heavy atom. The number of rotatable bonds is 5. The molecule has 2 aromatic heterocycles. The molecule has 0 saturated carbocycles. The van der Waals surface area contributed by atoms with Crippen molar-refractivity contribution in [2.75, 3.05) is 13.1 Å². The number of halogens is 2. The van der Waals surface area contributed by atoms with Gasteiger partial charge in [0.25, 0.3) is 10.0 Å². The van der Waals surface area contributed by atoms with Crippen molar-refractivity contribution >= 4 is 38.1 Å². The molecule has 0 unspecified atom stereocenters. The highest BCUT2D eigenvalue weighted by Gasteiger charge is 2.29. The summed E-state index contributed by atoms with van der Waals surface area (Å²) < 4.78 is 45.6. The van der Waals surface area contributed by atoms with Gasteiger partial charge in [-0.2, -0.15) is 4.31 Å². The number of hydrogen-bond donors (Lipinski definition) is 0. The van der Waals surface area contributed by atoms with E-state index in [0.717, 1.165) is 27.7 Å². The highest BCUT2D eigenvalue weighted by atomic mass is 35.5. The minimum Gasteiger partial charge on any atom is -0.340 e. The van der Waals surface area contributed by atoms with E-state index in [0.29, 0.717) is 30.1 Å². The molecule has 5 rings (SSSR count). The predicted molar refractivity (Wildman–Crippen MR) is 132 cm³/mol. The maximum absolute atomic E-state index is 14.5. The van der Waals surface area contributed by atoms with Crippen LogP contribution < -0.4 is 0 Å². The molecular formula is C25H24ClFN4O2S. The lowest BCUT2D eigenvalue weighted by molar-refractivity contribution is 0.439. The van der Waals surface area contributed by atoms with Gasteiger partial charge in [-0.25, -0.2) is 17.8 Å². The minimum absolute atomic E-state index is 0.0569. The number of fused-ring (bicyclic) bond motifs is 1. The molecule has 1 aliphatic heterocycles. The molecule has 0 bridgehead atoms. The average Bonchev–Trinajstić information content (AvgIpc) is 3.38. The smallest absolute Gasteiger partial charge is 0.262 e. The van der Waals surface area contributed by atoms with Gasteiger partial charge in [0.15, 0.2) is 5.03 Å². The zero-order valence-corrected chi connectivity index (χ0v) is 20.4. The molecular weight excluding hydrogens is 475 g/mol. The van der Waals surface area contributed by atoms with Crippen molar-refractivity contribution < 1.29 is 12.8 Å². The molecule has 0 spiro atoms. The maximum Gasteiger partial charge on any atom is 0.262 e. The minimum atomic E-state index is -3.65. The fraction of sp³-hybridized carbons (Fsp3) is 0.240. The second-order valence-corrected chi connectivity index (χ2v) is 10.8. The molecule has 1 aliphatic rings. The summed E-state index contributed by atoms with van der Waals surface area (Å²) in [5.74, 6) is -0.335. The fourth-order valence-corrected chi connectivity index (χ4v) is 6.20. The normalized spacial score (nSPS) is 15.1. The van der Waals surface area contributed by atoms with E-state index in [-0.39, 0.29) is 17.4 Å². The van der Waals surface area contributed by atoms with Gasteiger partial charge in [0.1, 0.15) is 5.82 Å². The van der Waals surface area contributed by atoms with Crippen LogP contribution in [-0.2, 0) is 23.6 Å². The van der Waals surface area contributed by atoms with Crippen molar-refractivity contribution in [2.45, 2.75) is 24.9 Å². The summed E-state index contributed by atoms with van der Waals surface area (Å²) >= 11 is 6.32. The number of aryl methyl sites for hydroxylation is 1. The number of imidazole rings is 1. The van der Waals surface area contributed by atoms with E-state index in [4.69, 9.17) is 11.6 Å². The lowest BCUT2D eigenvalue weighted by atomic mass is 9.97. The van der Waals surface area contributed by atoms with Crippen molar-refractivity contribution in [3.8, 4) is 0 Å². The molecule has 176 valence electrons. The maximum atomic E-state index is 14.5. The SMILES string of the molecule is Cc1c(C2=CCN(S(=O)(=O)c3cn(C)cn3)CC2)c2ccccc2n1Cc1c(F)cccc1Cl. The van der Waals surface area contributed by atoms with Gasteiger partial charge in [0, 0.05) is 59.1 Å². The molecule has 3 heterocycles. The van der Waals surface area contributed by atoms with Crippen LogP contribution in [0.4, 0.5) is 4.39 Å². The van der Waals surface area contributed by atoms with E-state index in [1.807, 2.05) is 31.2 Å². The average molecular weight is 499 g/mol. The van der Waals surface area contributed by atoms with Crippen molar-refractivity contribution in [3.63, 3.8) is 0 Å². The van der Waals surface area contributed by atoms with Gasteiger partial charge in [-0.15, -0.1) is 0 Å². The molecule has 0 aliphatic carbocycles. The third-order valence-electron chi connectivity index (χ3n) is 6.39. The van der Waals surface area contributed by atoms with E-state index in [1.165, 1.54) is 22.9 Å². The van der Waals surface area contributed by atoms with Gasteiger partial charge in [-0.3, -0.25) is 0 Å². The third kappa shape index (κ3) is 3.85. The van der Waals surface area contributed by atoms with Gasteiger partial charge < -0.3 is 9.13 Å². The lowest BCUT2D eigenvalue weighted by Gasteiger charge is -2.25. The van der Waals surface area contributed by atoms with Crippen LogP contribution in [0.3, 0.4) is 0 Å². The van der Waals surface area contributed by atoms with E-state index in [9.17, 15) is 12.8 Å². The first-order chi connectivity index (χ1) is 16.3. The standard InChI is InChI=1S/C25H24ClFN4O2S/c1-17-25(18-10-12-30(13-11-18)34(32,33)24-15-29(2)16-28-24)19-6-3-4-9-23(19)31(17)14-20-21(26)7-5-8-22(20)27/h3-10,15-16H,11-14H2,1-2H3. The van der Waals surface area contributed by atoms with Crippen molar-refractivity contribution in [3.05, 3.63) is 88.7 Å². The monoisotopic (exact) mass is 498 g/mol. The Bertz CT molecular complexity index is 1520. The van der Waals surface area contributed by atoms with Crippen molar-refractivity contribution in [1.82, 2.24) is 18.4 Å². The molecule has 0 fully saturated rings. The summed E-state index contributed by atoms with van der Waals surface area (Å²) in [6, 6.07) is 12.7. The van der Waals surface area contributed by atoms with E-state index >= 15 is 0 Å². The van der Waals surface area contributed by atoms with Crippen LogP contribution in [0.15, 0.2) is 66.1 Å². The molecule has 0 atom stereocenters. The Morgan fingerprint density at radius 2 is 1.94 bits per heavy atom. The number of benzene rings is 2. The Hall–Kier alpha value is -2.94. The van der Waals surface area contributed by atoms with Gasteiger partial charge in [-0.1, -0.05) is 41.9 Å². The summed E-state index contributed by atoms with van der Waals surface area (Å²) in [6.45, 7) is 2.96. The summed E-state index contributed by atoms with van der Waals surface area (Å²) in [5.41, 5.74) is 4.58. The van der Waals surface area contributed by atoms with Gasteiger partial charge in [0.2, 0.25) is 0 Å². The molecule has 0 N–H and O–H groups in total. The highest BCUT2D eigenvalue weighted by Crippen LogP contribution is 2.36. The summed E-state index contributed by atoms with van der Waals surface area (Å²) in [5, 5.41) is 1.51. The number of aromatic nitrogens is 3. The van der Waals surface area contributed by atoms with Gasteiger partial charge >= 0.3 is 0 Å². The fourth-order valence-electron chi connectivity index (χ4n) is 4.63.